The number of para-hydroxylation sites is 2. The van der Waals surface area contributed by atoms with Crippen LogP contribution in [0.4, 0.5) is 0 Å². The molecule has 11 rings (SSSR count). The van der Waals surface area contributed by atoms with E-state index in [1.165, 1.54) is 49.7 Å². The molecule has 56 heavy (non-hydrogen) atoms. The average molecular weight is 715 g/mol. The predicted octanol–water partition coefficient (Wildman–Crippen LogP) is 12.3. The summed E-state index contributed by atoms with van der Waals surface area (Å²) in [6.45, 7) is 0. The maximum absolute atomic E-state index is 4.96. The van der Waals surface area contributed by atoms with E-state index in [9.17, 15) is 0 Å². The van der Waals surface area contributed by atoms with Gasteiger partial charge in [-0.1, -0.05) is 194 Å². The lowest BCUT2D eigenvalue weighted by molar-refractivity contribution is 0.728. The first-order valence-electron chi connectivity index (χ1n) is 19.0. The Morgan fingerprint density at radius 2 is 0.804 bits per heavy atom. The Bertz CT molecular complexity index is 2950. The van der Waals surface area contributed by atoms with Crippen molar-refractivity contribution in [3.63, 3.8) is 0 Å². The zero-order valence-electron chi connectivity index (χ0n) is 30.4. The molecule has 8 aromatic carbocycles. The highest BCUT2D eigenvalue weighted by Crippen LogP contribution is 2.54. The number of nitrogens with zero attached hydrogens (tertiary/aromatic N) is 4. The fourth-order valence-corrected chi connectivity index (χ4v) is 8.84. The van der Waals surface area contributed by atoms with Crippen molar-refractivity contribution in [2.24, 2.45) is 0 Å². The summed E-state index contributed by atoms with van der Waals surface area (Å²) in [5, 5.41) is 2.49. The van der Waals surface area contributed by atoms with E-state index in [0.717, 1.165) is 27.8 Å². The Hall–Kier alpha value is -7.43. The fourth-order valence-electron chi connectivity index (χ4n) is 8.84. The highest BCUT2D eigenvalue weighted by atomic mass is 15.0. The number of rotatable bonds is 6. The molecule has 0 unspecified atom stereocenters. The quantitative estimate of drug-likeness (QED) is 0.172. The first-order valence-corrected chi connectivity index (χ1v) is 19.0. The van der Waals surface area contributed by atoms with Crippen molar-refractivity contribution in [2.45, 2.75) is 5.41 Å². The Morgan fingerprint density at radius 1 is 0.339 bits per heavy atom. The van der Waals surface area contributed by atoms with Gasteiger partial charge in [-0.3, -0.25) is 0 Å². The lowest BCUT2D eigenvalue weighted by Gasteiger charge is -2.41. The van der Waals surface area contributed by atoms with Crippen molar-refractivity contribution >= 4 is 21.8 Å². The molecule has 0 fully saturated rings. The Labute approximate surface area is 325 Å². The zero-order chi connectivity index (χ0) is 37.1. The topological polar surface area (TPSA) is 43.6 Å². The van der Waals surface area contributed by atoms with Crippen LogP contribution in [-0.4, -0.2) is 19.5 Å². The molecule has 3 heterocycles. The minimum absolute atomic E-state index is 0.489. The van der Waals surface area contributed by atoms with Gasteiger partial charge in [0.05, 0.1) is 22.1 Å². The van der Waals surface area contributed by atoms with Gasteiger partial charge in [-0.15, -0.1) is 0 Å². The number of hydrogen-bond donors (Lipinski definition) is 0. The molecule has 0 amide bonds. The van der Waals surface area contributed by atoms with Crippen LogP contribution in [0.1, 0.15) is 22.3 Å². The van der Waals surface area contributed by atoms with Crippen LogP contribution in [0, 0.1) is 0 Å². The molecule has 0 radical (unpaired) electrons. The van der Waals surface area contributed by atoms with Gasteiger partial charge in [0.15, 0.2) is 17.5 Å². The first-order chi connectivity index (χ1) is 27.8. The highest BCUT2D eigenvalue weighted by Gasteiger charge is 2.45. The second-order valence-electron chi connectivity index (χ2n) is 14.4. The normalized spacial score (nSPS) is 12.8. The van der Waals surface area contributed by atoms with Gasteiger partial charge in [-0.25, -0.2) is 15.0 Å². The van der Waals surface area contributed by atoms with Gasteiger partial charge in [0.1, 0.15) is 0 Å². The molecule has 0 N–H and O–H groups in total. The van der Waals surface area contributed by atoms with Gasteiger partial charge in [0.2, 0.25) is 0 Å². The molecule has 262 valence electrons. The van der Waals surface area contributed by atoms with Crippen LogP contribution in [0.15, 0.2) is 206 Å². The smallest absolute Gasteiger partial charge is 0.164 e. The molecule has 0 spiro atoms. The molecule has 0 aliphatic carbocycles. The van der Waals surface area contributed by atoms with Crippen LogP contribution in [-0.2, 0) is 5.41 Å². The molecule has 0 saturated heterocycles. The molecule has 0 saturated carbocycles. The van der Waals surface area contributed by atoms with Crippen LogP contribution in [0.25, 0.3) is 72.8 Å². The number of hydrogen-bond acceptors (Lipinski definition) is 3. The van der Waals surface area contributed by atoms with Crippen LogP contribution >= 0.6 is 0 Å². The highest BCUT2D eigenvalue weighted by molar-refractivity contribution is 6.13. The third-order valence-corrected chi connectivity index (χ3v) is 11.3. The van der Waals surface area contributed by atoms with E-state index in [2.05, 4.69) is 150 Å². The van der Waals surface area contributed by atoms with Gasteiger partial charge in [0, 0.05) is 27.5 Å². The molecular formula is C52H34N4. The van der Waals surface area contributed by atoms with Crippen molar-refractivity contribution in [3.05, 3.63) is 229 Å². The second-order valence-corrected chi connectivity index (χ2v) is 14.4. The number of fused-ring (bicyclic) bond motifs is 5. The van der Waals surface area contributed by atoms with Crippen molar-refractivity contribution in [2.75, 3.05) is 0 Å². The summed E-state index contributed by atoms with van der Waals surface area (Å²) in [5.74, 6) is 1.95. The minimum atomic E-state index is -0.489. The number of benzene rings is 8. The molecule has 4 nitrogen and oxygen atoms in total. The molecule has 0 atom stereocenters. The van der Waals surface area contributed by atoms with Crippen LogP contribution in [0.2, 0.25) is 0 Å². The molecular weight excluding hydrogens is 681 g/mol. The summed E-state index contributed by atoms with van der Waals surface area (Å²) in [5.41, 5.74) is 13.3. The third-order valence-electron chi connectivity index (χ3n) is 11.3. The Balaban J connectivity index is 1.07. The van der Waals surface area contributed by atoms with Crippen molar-refractivity contribution < 1.29 is 0 Å². The lowest BCUT2D eigenvalue weighted by Crippen LogP contribution is -2.35. The van der Waals surface area contributed by atoms with E-state index in [1.54, 1.807) is 0 Å². The molecule has 2 aromatic heterocycles. The van der Waals surface area contributed by atoms with Crippen LogP contribution in [0.3, 0.4) is 0 Å². The molecule has 10 aromatic rings. The van der Waals surface area contributed by atoms with Crippen molar-refractivity contribution in [1.29, 1.82) is 0 Å². The third kappa shape index (κ3) is 4.89. The van der Waals surface area contributed by atoms with E-state index >= 15 is 0 Å². The Kier molecular flexibility index (Phi) is 7.36. The van der Waals surface area contributed by atoms with Gasteiger partial charge in [-0.05, 0) is 45.5 Å². The largest absolute Gasteiger partial charge is 0.309 e. The van der Waals surface area contributed by atoms with E-state index in [-0.39, 0.29) is 0 Å². The van der Waals surface area contributed by atoms with Crippen LogP contribution < -0.4 is 0 Å². The average Bonchev–Trinajstić information content (AvgIpc) is 3.62. The molecule has 4 heteroatoms. The van der Waals surface area contributed by atoms with E-state index in [4.69, 9.17) is 15.0 Å². The minimum Gasteiger partial charge on any atom is -0.309 e. The van der Waals surface area contributed by atoms with Gasteiger partial charge >= 0.3 is 0 Å². The maximum atomic E-state index is 4.96. The number of aromatic nitrogens is 4. The second kappa shape index (κ2) is 12.9. The monoisotopic (exact) mass is 714 g/mol. The summed E-state index contributed by atoms with van der Waals surface area (Å²) in [4.78, 5) is 14.8. The summed E-state index contributed by atoms with van der Waals surface area (Å²) in [7, 11) is 0. The van der Waals surface area contributed by atoms with E-state index in [1.807, 2.05) is 60.7 Å². The van der Waals surface area contributed by atoms with Crippen molar-refractivity contribution in [1.82, 2.24) is 19.5 Å². The summed E-state index contributed by atoms with van der Waals surface area (Å²) in [6.07, 6.45) is 0. The van der Waals surface area contributed by atoms with E-state index in [0.29, 0.717) is 17.5 Å². The van der Waals surface area contributed by atoms with Gasteiger partial charge in [0.25, 0.3) is 0 Å². The molecule has 0 bridgehead atoms. The molecule has 1 aliphatic rings. The van der Waals surface area contributed by atoms with Crippen LogP contribution in [0.5, 0.6) is 0 Å². The zero-order valence-corrected chi connectivity index (χ0v) is 30.4. The van der Waals surface area contributed by atoms with Gasteiger partial charge < -0.3 is 4.57 Å². The van der Waals surface area contributed by atoms with Gasteiger partial charge in [-0.2, -0.15) is 0 Å². The predicted molar refractivity (Wildman–Crippen MR) is 228 cm³/mol. The maximum Gasteiger partial charge on any atom is 0.164 e. The standard InChI is InChI=1S/C52H34N4/c1-5-16-36(17-6-1)49-53-50(37-18-7-2-8-19-37)55-51(54-49)38-30-28-35(29-31-38)39-32-33-42-43-24-15-26-45-48(43)56(47(42)34-39)46-27-14-13-25-44(46)52(45,40-20-9-3-10-21-40)41-22-11-4-12-23-41/h1-34H. The SMILES string of the molecule is c1ccc(-c2nc(-c3ccccc3)nc(-c3ccc(-c4ccc5c6cccc7c6n(c5c4)-c4ccccc4C7(c4ccccc4)c4ccccc4)cc3)n2)cc1. The fraction of sp³-hybridized carbons (Fsp3) is 0.0192. The van der Waals surface area contributed by atoms with Crippen molar-refractivity contribution in [3.8, 4) is 51.0 Å². The van der Waals surface area contributed by atoms with E-state index < -0.39 is 5.41 Å². The lowest BCUT2D eigenvalue weighted by atomic mass is 9.63. The summed E-state index contributed by atoms with van der Waals surface area (Å²) in [6, 6.07) is 73.5. The molecule has 1 aliphatic heterocycles. The first kappa shape index (κ1) is 32.0. The summed E-state index contributed by atoms with van der Waals surface area (Å²) < 4.78 is 2.50. The summed E-state index contributed by atoms with van der Waals surface area (Å²) >= 11 is 0. The Morgan fingerprint density at radius 3 is 1.39 bits per heavy atom.